The summed E-state index contributed by atoms with van der Waals surface area (Å²) in [5.41, 5.74) is 2.23. The van der Waals surface area contributed by atoms with Gasteiger partial charge in [0.1, 0.15) is 18.1 Å². The van der Waals surface area contributed by atoms with Crippen LogP contribution in [0.25, 0.3) is 0 Å². The van der Waals surface area contributed by atoms with Gasteiger partial charge in [-0.3, -0.25) is 9.69 Å². The van der Waals surface area contributed by atoms with E-state index in [-0.39, 0.29) is 11.9 Å². The minimum absolute atomic E-state index is 0.0890. The Morgan fingerprint density at radius 2 is 1.84 bits per heavy atom. The molecule has 1 amide bonds. The van der Waals surface area contributed by atoms with Gasteiger partial charge in [-0.1, -0.05) is 42.5 Å². The number of rotatable bonds is 9. The van der Waals surface area contributed by atoms with Crippen LogP contribution in [0.2, 0.25) is 0 Å². The third kappa shape index (κ3) is 5.27. The first-order chi connectivity index (χ1) is 15.2. The molecule has 8 heteroatoms. The first-order valence-electron chi connectivity index (χ1n) is 10.7. The van der Waals surface area contributed by atoms with Crippen LogP contribution in [0, 0.1) is 0 Å². The average molecular weight is 421 g/mol. The topological polar surface area (TPSA) is 85.2 Å². The molecule has 0 spiro atoms. The fourth-order valence-electron chi connectivity index (χ4n) is 4.11. The number of carbonyl (C=O) groups is 1. The molecule has 1 N–H and O–H groups in total. The third-order valence-corrected chi connectivity index (χ3v) is 5.81. The molecule has 0 radical (unpaired) electrons. The predicted molar refractivity (Wildman–Crippen MR) is 117 cm³/mol. The summed E-state index contributed by atoms with van der Waals surface area (Å²) in [7, 11) is 1.67. The molecule has 0 aliphatic carbocycles. The first-order valence-corrected chi connectivity index (χ1v) is 10.7. The van der Waals surface area contributed by atoms with Gasteiger partial charge in [0.25, 0.3) is 0 Å². The molecule has 8 nitrogen and oxygen atoms in total. The number of tetrazole rings is 1. The van der Waals surface area contributed by atoms with Crippen LogP contribution in [-0.4, -0.2) is 57.8 Å². The van der Waals surface area contributed by atoms with Crippen molar-refractivity contribution in [2.75, 3.05) is 26.7 Å². The SMILES string of the molecule is COc1ccc(C(CNC(=O)C(Cc2ccccc2)n2cnnn2)N2CCCC2)cc1. The molecule has 162 valence electrons. The van der Waals surface area contributed by atoms with Crippen molar-refractivity contribution in [2.24, 2.45) is 0 Å². The van der Waals surface area contributed by atoms with Crippen molar-refractivity contribution in [1.29, 1.82) is 0 Å². The Balaban J connectivity index is 1.49. The normalized spacial score (nSPS) is 16.0. The van der Waals surface area contributed by atoms with Crippen LogP contribution in [0.15, 0.2) is 60.9 Å². The van der Waals surface area contributed by atoms with Crippen molar-refractivity contribution in [3.63, 3.8) is 0 Å². The highest BCUT2D eigenvalue weighted by Crippen LogP contribution is 2.26. The lowest BCUT2D eigenvalue weighted by atomic mass is 10.0. The van der Waals surface area contributed by atoms with Crippen LogP contribution in [-0.2, 0) is 11.2 Å². The lowest BCUT2D eigenvalue weighted by molar-refractivity contribution is -0.124. The zero-order chi connectivity index (χ0) is 21.5. The van der Waals surface area contributed by atoms with E-state index < -0.39 is 6.04 Å². The lowest BCUT2D eigenvalue weighted by Gasteiger charge is -2.29. The minimum atomic E-state index is -0.507. The molecule has 1 aliphatic heterocycles. The van der Waals surface area contributed by atoms with Crippen molar-refractivity contribution in [2.45, 2.75) is 31.3 Å². The van der Waals surface area contributed by atoms with E-state index in [2.05, 4.69) is 37.9 Å². The number of amides is 1. The first kappa shape index (κ1) is 21.0. The highest BCUT2D eigenvalue weighted by atomic mass is 16.5. The molecular formula is C23H28N6O2. The molecule has 1 saturated heterocycles. The lowest BCUT2D eigenvalue weighted by Crippen LogP contribution is -2.40. The number of hydrogen-bond acceptors (Lipinski definition) is 6. The fraction of sp³-hybridized carbons (Fsp3) is 0.391. The number of benzene rings is 2. The van der Waals surface area contributed by atoms with Crippen molar-refractivity contribution in [1.82, 2.24) is 30.4 Å². The number of nitrogens with one attached hydrogen (secondary N) is 1. The molecule has 31 heavy (non-hydrogen) atoms. The molecule has 2 atom stereocenters. The summed E-state index contributed by atoms with van der Waals surface area (Å²) < 4.78 is 6.83. The van der Waals surface area contributed by atoms with E-state index in [1.54, 1.807) is 7.11 Å². The van der Waals surface area contributed by atoms with Crippen LogP contribution in [0.3, 0.4) is 0 Å². The van der Waals surface area contributed by atoms with Crippen LogP contribution in [0.4, 0.5) is 0 Å². The summed E-state index contributed by atoms with van der Waals surface area (Å²) in [5.74, 6) is 0.739. The Hall–Kier alpha value is -3.26. The molecular weight excluding hydrogens is 392 g/mol. The van der Waals surface area contributed by atoms with Crippen LogP contribution in [0.1, 0.15) is 36.1 Å². The minimum Gasteiger partial charge on any atom is -0.497 e. The van der Waals surface area contributed by atoms with Gasteiger partial charge in [-0.05, 0) is 59.6 Å². The van der Waals surface area contributed by atoms with Gasteiger partial charge in [0.2, 0.25) is 5.91 Å². The zero-order valence-corrected chi connectivity index (χ0v) is 17.7. The Labute approximate surface area is 182 Å². The van der Waals surface area contributed by atoms with Gasteiger partial charge >= 0.3 is 0 Å². The number of likely N-dealkylation sites (tertiary alicyclic amines) is 1. The zero-order valence-electron chi connectivity index (χ0n) is 17.7. The molecule has 0 bridgehead atoms. The molecule has 1 aliphatic rings. The fourth-order valence-corrected chi connectivity index (χ4v) is 4.11. The van der Waals surface area contributed by atoms with E-state index in [4.69, 9.17) is 4.74 Å². The van der Waals surface area contributed by atoms with Crippen LogP contribution < -0.4 is 10.1 Å². The Bertz CT molecular complexity index is 940. The van der Waals surface area contributed by atoms with Crippen molar-refractivity contribution >= 4 is 5.91 Å². The van der Waals surface area contributed by atoms with Crippen molar-refractivity contribution in [3.05, 3.63) is 72.1 Å². The van der Waals surface area contributed by atoms with Gasteiger partial charge in [0.15, 0.2) is 0 Å². The van der Waals surface area contributed by atoms with Gasteiger partial charge in [-0.25, -0.2) is 4.68 Å². The van der Waals surface area contributed by atoms with Crippen LogP contribution >= 0.6 is 0 Å². The average Bonchev–Trinajstić information content (AvgIpc) is 3.53. The van der Waals surface area contributed by atoms with E-state index in [0.717, 1.165) is 24.4 Å². The van der Waals surface area contributed by atoms with Gasteiger partial charge in [-0.2, -0.15) is 0 Å². The number of aromatic nitrogens is 4. The third-order valence-electron chi connectivity index (χ3n) is 5.81. The Morgan fingerprint density at radius 1 is 1.10 bits per heavy atom. The number of ether oxygens (including phenoxy) is 1. The molecule has 2 unspecified atom stereocenters. The molecule has 0 saturated carbocycles. The van der Waals surface area contributed by atoms with Crippen molar-refractivity contribution < 1.29 is 9.53 Å². The molecule has 2 aromatic carbocycles. The maximum absolute atomic E-state index is 13.2. The summed E-state index contributed by atoms with van der Waals surface area (Å²) in [6, 6.07) is 17.6. The summed E-state index contributed by atoms with van der Waals surface area (Å²) in [4.78, 5) is 15.7. The smallest absolute Gasteiger partial charge is 0.245 e. The predicted octanol–water partition coefficient (Wildman–Crippen LogP) is 2.42. The maximum atomic E-state index is 13.2. The summed E-state index contributed by atoms with van der Waals surface area (Å²) in [6.07, 6.45) is 4.38. The molecule has 2 heterocycles. The monoisotopic (exact) mass is 420 g/mol. The molecule has 1 aromatic heterocycles. The second kappa shape index (κ2) is 10.2. The number of nitrogens with zero attached hydrogens (tertiary/aromatic N) is 5. The van der Waals surface area contributed by atoms with Crippen molar-refractivity contribution in [3.8, 4) is 5.75 Å². The van der Waals surface area contributed by atoms with E-state index in [1.165, 1.54) is 29.4 Å². The van der Waals surface area contributed by atoms with Gasteiger partial charge in [0.05, 0.1) is 13.2 Å². The molecule has 3 aromatic rings. The Morgan fingerprint density at radius 3 is 2.48 bits per heavy atom. The summed E-state index contributed by atoms with van der Waals surface area (Å²) in [6.45, 7) is 2.60. The second-order valence-electron chi connectivity index (χ2n) is 7.77. The van der Waals surface area contributed by atoms with Gasteiger partial charge < -0.3 is 10.1 Å². The largest absolute Gasteiger partial charge is 0.497 e. The van der Waals surface area contributed by atoms with E-state index in [0.29, 0.717) is 13.0 Å². The maximum Gasteiger partial charge on any atom is 0.245 e. The van der Waals surface area contributed by atoms with E-state index >= 15 is 0 Å². The Kier molecular flexibility index (Phi) is 6.89. The molecule has 1 fully saturated rings. The highest BCUT2D eigenvalue weighted by Gasteiger charge is 2.27. The number of hydrogen-bond donors (Lipinski definition) is 1. The highest BCUT2D eigenvalue weighted by molar-refractivity contribution is 5.80. The second-order valence-corrected chi connectivity index (χ2v) is 7.77. The van der Waals surface area contributed by atoms with E-state index in [1.807, 2.05) is 42.5 Å². The summed E-state index contributed by atoms with van der Waals surface area (Å²) >= 11 is 0. The standard InChI is InChI=1S/C23H28N6O2/c1-31-20-11-9-19(10-12-20)22(28-13-5-6-14-28)16-24-23(30)21(29-17-25-26-27-29)15-18-7-3-2-4-8-18/h2-4,7-12,17,21-22H,5-6,13-16H2,1H3,(H,24,30). The number of carbonyl (C=O) groups excluding carboxylic acids is 1. The van der Waals surface area contributed by atoms with Gasteiger partial charge in [0, 0.05) is 13.0 Å². The molecule has 4 rings (SSSR count). The van der Waals surface area contributed by atoms with E-state index in [9.17, 15) is 4.79 Å². The summed E-state index contributed by atoms with van der Waals surface area (Å²) in [5, 5.41) is 14.6. The quantitative estimate of drug-likeness (QED) is 0.572. The number of methoxy groups -OCH3 is 1. The van der Waals surface area contributed by atoms with Crippen LogP contribution in [0.5, 0.6) is 5.75 Å². The van der Waals surface area contributed by atoms with Gasteiger partial charge in [-0.15, -0.1) is 5.10 Å².